The molecule has 12 rings (SSSR count). The van der Waals surface area contributed by atoms with Gasteiger partial charge in [0, 0.05) is 11.8 Å². The second-order valence-corrected chi connectivity index (χ2v) is 35.3. The lowest BCUT2D eigenvalue weighted by molar-refractivity contribution is -0.299. The second kappa shape index (κ2) is 23.1. The molecule has 14 N–H and O–H groups in total. The van der Waals surface area contributed by atoms with Crippen molar-refractivity contribution in [2.75, 3.05) is 13.2 Å². The molecule has 8 saturated carbocycles. The molecule has 2 saturated heterocycles. The Morgan fingerprint density at radius 3 is 1.45 bits per heavy atom. The average molecular weight is 1340 g/mol. The number of ether oxygens (including phenoxy) is 5. The highest BCUT2D eigenvalue weighted by molar-refractivity contribution is 5.82. The number of allylic oxidation sites excluding steroid dienone is 2. The first kappa shape index (κ1) is 71.6. The third-order valence-corrected chi connectivity index (χ3v) is 31.2. The third kappa shape index (κ3) is 9.40. The summed E-state index contributed by atoms with van der Waals surface area (Å²) in [5, 5.41) is 159. The quantitative estimate of drug-likeness (QED) is 0.0892. The number of carbonyl (C=O) groups excluding carboxylic acids is 3. The molecule has 0 spiro atoms. The largest absolute Gasteiger partial charge is 0.481 e. The highest BCUT2D eigenvalue weighted by atomic mass is 16.7. The first-order valence-corrected chi connectivity index (χ1v) is 35.3. The third-order valence-electron chi connectivity index (χ3n) is 31.2. The Morgan fingerprint density at radius 2 is 0.947 bits per heavy atom. The maximum Gasteiger partial charge on any atom is 0.315 e. The van der Waals surface area contributed by atoms with Crippen molar-refractivity contribution in [3.05, 3.63) is 23.3 Å². The van der Waals surface area contributed by atoms with E-state index in [9.17, 15) is 85.9 Å². The number of esters is 3. The maximum absolute atomic E-state index is 15.8. The van der Waals surface area contributed by atoms with Crippen molar-refractivity contribution >= 4 is 23.9 Å². The number of carbonyl (C=O) groups is 4. The van der Waals surface area contributed by atoms with Gasteiger partial charge in [-0.05, 0) is 191 Å². The summed E-state index contributed by atoms with van der Waals surface area (Å²) >= 11 is 0. The fourth-order valence-electron chi connectivity index (χ4n) is 24.8. The molecule has 536 valence electrons. The van der Waals surface area contributed by atoms with Gasteiger partial charge < -0.3 is 95.2 Å². The second-order valence-electron chi connectivity index (χ2n) is 35.3. The number of fused-ring (bicyclic) bond motifs is 14. The van der Waals surface area contributed by atoms with Gasteiger partial charge in [0.1, 0.15) is 60.4 Å². The zero-order chi connectivity index (χ0) is 69.8. The molecule has 2 heterocycles. The lowest BCUT2D eigenvalue weighted by Gasteiger charge is -2.72. The molecular weight excluding hydrogens is 1230 g/mol. The predicted molar refractivity (Wildman–Crippen MR) is 336 cm³/mol. The van der Waals surface area contributed by atoms with E-state index in [1.807, 2.05) is 27.7 Å². The SMILES string of the molecule is C[C@@H]1CC[C@]2(C(=O)O[C@@H]3O[C@H](CO)[C@@H](O)[C@H](O)[C@H]3O)CC[C@]3(C)C(=CC[C@@H]4[C@@]5(C)C[C@@H](O)[C@@H](OC(=O)[C@@]6(C)C7CC[C@]8(C)[C@H](CC=C9C%10[C@H](O)C(C)(C)CC[C@]%10(C(=O)O[C@@H]%10O[C@H](CO)[C@@H](O)[C@H](O)[C@H]%10O)CC[C@]98C)[C@@]7(C)C[C@@H](O)[C@@H]6O)[C@](C)(C(=O)O)C5CC[C@]43C)C2[C@]1(C)O. The van der Waals surface area contributed by atoms with Crippen LogP contribution in [0.25, 0.3) is 0 Å². The van der Waals surface area contributed by atoms with E-state index in [2.05, 4.69) is 46.8 Å². The van der Waals surface area contributed by atoms with Crippen LogP contribution in [0.15, 0.2) is 23.3 Å². The van der Waals surface area contributed by atoms with Crippen molar-refractivity contribution < 1.29 is 114 Å². The zero-order valence-corrected chi connectivity index (χ0v) is 57.5. The molecule has 4 unspecified atom stereocenters. The molecule has 95 heavy (non-hydrogen) atoms. The summed E-state index contributed by atoms with van der Waals surface area (Å²) in [7, 11) is 0. The van der Waals surface area contributed by atoms with Gasteiger partial charge in [-0.2, -0.15) is 0 Å². The summed E-state index contributed by atoms with van der Waals surface area (Å²) in [5.74, 6) is -7.35. The maximum atomic E-state index is 15.8. The molecule has 23 heteroatoms. The summed E-state index contributed by atoms with van der Waals surface area (Å²) < 4.78 is 29.9. The Hall–Kier alpha value is -3.24. The Labute approximate surface area is 557 Å². The van der Waals surface area contributed by atoms with Gasteiger partial charge in [-0.3, -0.25) is 19.2 Å². The Kier molecular flexibility index (Phi) is 17.4. The summed E-state index contributed by atoms with van der Waals surface area (Å²) in [4.78, 5) is 60.2. The molecule has 0 radical (unpaired) electrons. The minimum Gasteiger partial charge on any atom is -0.481 e. The molecule has 0 aromatic rings. The zero-order valence-electron chi connectivity index (χ0n) is 57.5. The van der Waals surface area contributed by atoms with Gasteiger partial charge in [0.05, 0.1) is 59.5 Å². The summed E-state index contributed by atoms with van der Waals surface area (Å²) in [6, 6.07) is 0. The van der Waals surface area contributed by atoms with E-state index < -0.39 is 218 Å². The Bertz CT molecular complexity index is 3110. The van der Waals surface area contributed by atoms with Crippen LogP contribution in [-0.4, -0.2) is 206 Å². The van der Waals surface area contributed by atoms with Gasteiger partial charge in [0.25, 0.3) is 0 Å². The van der Waals surface area contributed by atoms with Crippen LogP contribution in [0.2, 0.25) is 0 Å². The summed E-state index contributed by atoms with van der Waals surface area (Å²) in [5.41, 5.74) is -11.1. The van der Waals surface area contributed by atoms with E-state index in [1.165, 1.54) is 0 Å². The number of aliphatic hydroxyl groups excluding tert-OH is 12. The normalized spacial score (nSPS) is 56.1. The van der Waals surface area contributed by atoms with Crippen LogP contribution in [0.5, 0.6) is 0 Å². The highest BCUT2D eigenvalue weighted by Crippen LogP contribution is 2.79. The predicted octanol–water partition coefficient (Wildman–Crippen LogP) is 3.48. The molecule has 12 aliphatic rings. The van der Waals surface area contributed by atoms with Crippen molar-refractivity contribution in [3.63, 3.8) is 0 Å². The van der Waals surface area contributed by atoms with E-state index in [0.29, 0.717) is 77.0 Å². The minimum absolute atomic E-state index is 0.0435. The fourth-order valence-corrected chi connectivity index (χ4v) is 24.8. The van der Waals surface area contributed by atoms with Crippen LogP contribution in [0.3, 0.4) is 0 Å². The molecule has 10 fully saturated rings. The van der Waals surface area contributed by atoms with E-state index >= 15 is 4.79 Å². The van der Waals surface area contributed by atoms with Crippen molar-refractivity contribution in [3.8, 4) is 0 Å². The van der Waals surface area contributed by atoms with E-state index in [1.54, 1.807) is 20.8 Å². The molecule has 10 aliphatic carbocycles. The topological polar surface area (TPSA) is 398 Å². The van der Waals surface area contributed by atoms with Crippen LogP contribution in [0.4, 0.5) is 0 Å². The smallest absolute Gasteiger partial charge is 0.315 e. The van der Waals surface area contributed by atoms with Gasteiger partial charge in [0.15, 0.2) is 0 Å². The number of carboxylic acids is 1. The molecular formula is C72H110O23. The number of carboxylic acid groups (broad SMARTS) is 1. The van der Waals surface area contributed by atoms with E-state index in [0.717, 1.165) is 11.1 Å². The number of hydrogen-bond donors (Lipinski definition) is 14. The van der Waals surface area contributed by atoms with Crippen LogP contribution < -0.4 is 0 Å². The van der Waals surface area contributed by atoms with Crippen molar-refractivity contribution in [1.82, 2.24) is 0 Å². The summed E-state index contributed by atoms with van der Waals surface area (Å²) in [6.07, 6.45) is -14.1. The van der Waals surface area contributed by atoms with Gasteiger partial charge in [-0.25, -0.2) is 0 Å². The summed E-state index contributed by atoms with van der Waals surface area (Å²) in [6.45, 7) is 22.1. The number of rotatable bonds is 9. The van der Waals surface area contributed by atoms with E-state index in [-0.39, 0.29) is 43.4 Å². The molecule has 0 amide bonds. The molecule has 2 aliphatic heterocycles. The minimum atomic E-state index is -1.88. The number of aliphatic carboxylic acids is 1. The Morgan fingerprint density at radius 1 is 0.495 bits per heavy atom. The van der Waals surface area contributed by atoms with Gasteiger partial charge in [-0.15, -0.1) is 0 Å². The number of aliphatic hydroxyl groups is 13. The molecule has 0 aromatic carbocycles. The van der Waals surface area contributed by atoms with Crippen LogP contribution in [-0.2, 0) is 42.9 Å². The fraction of sp³-hybridized carbons (Fsp3) is 0.889. The molecule has 0 aromatic heterocycles. The lowest BCUT2D eigenvalue weighted by Crippen LogP contribution is -2.71. The highest BCUT2D eigenvalue weighted by Gasteiger charge is 2.77. The lowest BCUT2D eigenvalue weighted by atomic mass is 9.32. The van der Waals surface area contributed by atoms with Gasteiger partial charge >= 0.3 is 23.9 Å². The molecule has 33 atom stereocenters. The van der Waals surface area contributed by atoms with Crippen LogP contribution >= 0.6 is 0 Å². The first-order valence-electron chi connectivity index (χ1n) is 35.3. The standard InChI is InChI=1S/C72H110O23/c1-33-17-22-72(60(89)95-56-50(82)48(80)46(78)39(32-74)92-56)28-25-65(7)35(51(72)70(33,12)90)14-16-41-63(5)30-37(76)54(69(11,57(85)86)43(63)19-21-67(41,65)9)93-58(87)68(10)42-18-20-66(8)40(62(42,4)29-36(75)52(68)83)15-13-34-44-53(84)61(2,3)23-26-71(44,27-24-64(34,66)6)59(88)94-55-49(81)47(79)45(77)38(31-73)91-55/h13-14,33,36-56,73-84,90H,15-32H2,1-12H3,(H,85,86)/t33-,36-,37-,38-,39-,40-,41-,42?,43?,44?,45-,46-,47+,48+,49-,50-,51?,52+,53+,54-,55+,56+,62-,63-,64-,65-,66-,67-,68+,69-,70-,71+,72+/m1/s1. The van der Waals surface area contributed by atoms with Gasteiger partial charge in [-0.1, -0.05) is 85.6 Å². The van der Waals surface area contributed by atoms with Gasteiger partial charge in [0.2, 0.25) is 12.6 Å². The molecule has 23 nitrogen and oxygen atoms in total. The van der Waals surface area contributed by atoms with Crippen molar-refractivity contribution in [2.45, 2.75) is 283 Å². The first-order chi connectivity index (χ1) is 44.0. The average Bonchev–Trinajstić information content (AvgIpc) is 0.674. The van der Waals surface area contributed by atoms with Crippen LogP contribution in [0, 0.1) is 101 Å². The Balaban J connectivity index is 0.825. The monoisotopic (exact) mass is 1340 g/mol. The van der Waals surface area contributed by atoms with Crippen molar-refractivity contribution in [2.24, 2.45) is 101 Å². The molecule has 0 bridgehead atoms. The van der Waals surface area contributed by atoms with Crippen LogP contribution in [0.1, 0.15) is 186 Å². The number of hydrogen-bond acceptors (Lipinski definition) is 22. The van der Waals surface area contributed by atoms with Crippen molar-refractivity contribution in [1.29, 1.82) is 0 Å². The van der Waals surface area contributed by atoms with E-state index in [4.69, 9.17) is 23.7 Å².